The minimum absolute atomic E-state index is 0.834. The van der Waals surface area contributed by atoms with E-state index in [1.54, 1.807) is 0 Å². The van der Waals surface area contributed by atoms with Gasteiger partial charge in [-0.25, -0.2) is 0 Å². The summed E-state index contributed by atoms with van der Waals surface area (Å²) in [6.07, 6.45) is 7.70. The van der Waals surface area contributed by atoms with E-state index in [-0.39, 0.29) is 0 Å². The van der Waals surface area contributed by atoms with Crippen molar-refractivity contribution in [2.75, 3.05) is 0 Å². The standard InChI is InChI=1S/C9H16/c1-3-9-6-4-8(2)5-7-9/h3,8-9H,1,4-7H2,2H3. The van der Waals surface area contributed by atoms with Gasteiger partial charge >= 0.3 is 0 Å². The van der Waals surface area contributed by atoms with Gasteiger partial charge in [-0.3, -0.25) is 0 Å². The Morgan fingerprint density at radius 2 is 1.78 bits per heavy atom. The Bertz CT molecular complexity index is 86.2. The highest BCUT2D eigenvalue weighted by Crippen LogP contribution is 2.28. The van der Waals surface area contributed by atoms with Gasteiger partial charge < -0.3 is 0 Å². The molecule has 1 aliphatic carbocycles. The summed E-state index contributed by atoms with van der Waals surface area (Å²) < 4.78 is 0. The SMILES string of the molecule is C=CC1CCC(C)CC1. The van der Waals surface area contributed by atoms with Gasteiger partial charge in [-0.1, -0.05) is 25.8 Å². The first-order valence-electron chi connectivity index (χ1n) is 3.95. The highest BCUT2D eigenvalue weighted by Gasteiger charge is 2.14. The summed E-state index contributed by atoms with van der Waals surface area (Å²) >= 11 is 0. The molecule has 0 spiro atoms. The van der Waals surface area contributed by atoms with E-state index in [0.717, 1.165) is 11.8 Å². The first kappa shape index (κ1) is 6.85. The van der Waals surface area contributed by atoms with Crippen molar-refractivity contribution in [2.45, 2.75) is 32.6 Å². The van der Waals surface area contributed by atoms with Crippen LogP contribution in [0.4, 0.5) is 0 Å². The Balaban J connectivity index is 2.26. The van der Waals surface area contributed by atoms with E-state index in [1.807, 2.05) is 0 Å². The van der Waals surface area contributed by atoms with E-state index in [2.05, 4.69) is 19.6 Å². The van der Waals surface area contributed by atoms with E-state index in [0.29, 0.717) is 0 Å². The second kappa shape index (κ2) is 3.05. The lowest BCUT2D eigenvalue weighted by Gasteiger charge is -2.23. The molecule has 52 valence electrons. The Morgan fingerprint density at radius 1 is 1.22 bits per heavy atom. The minimum Gasteiger partial charge on any atom is -0.103 e. The van der Waals surface area contributed by atoms with Crippen molar-refractivity contribution in [2.24, 2.45) is 11.8 Å². The molecule has 0 heterocycles. The number of rotatable bonds is 1. The predicted molar refractivity (Wildman–Crippen MR) is 41.3 cm³/mol. The molecule has 0 bridgehead atoms. The van der Waals surface area contributed by atoms with Gasteiger partial charge in [0, 0.05) is 0 Å². The van der Waals surface area contributed by atoms with Crippen LogP contribution < -0.4 is 0 Å². The molecule has 0 aromatic carbocycles. The molecule has 1 aliphatic rings. The first-order valence-corrected chi connectivity index (χ1v) is 3.95. The molecule has 9 heavy (non-hydrogen) atoms. The number of hydrogen-bond donors (Lipinski definition) is 0. The average molecular weight is 124 g/mol. The third kappa shape index (κ3) is 1.85. The molecule has 0 heteroatoms. The van der Waals surface area contributed by atoms with Crippen LogP contribution in [0.2, 0.25) is 0 Å². The van der Waals surface area contributed by atoms with Crippen molar-refractivity contribution >= 4 is 0 Å². The van der Waals surface area contributed by atoms with Crippen LogP contribution in [0, 0.1) is 11.8 Å². The summed E-state index contributed by atoms with van der Waals surface area (Å²) in [5, 5.41) is 0. The third-order valence-corrected chi connectivity index (χ3v) is 2.39. The summed E-state index contributed by atoms with van der Waals surface area (Å²) in [7, 11) is 0. The predicted octanol–water partition coefficient (Wildman–Crippen LogP) is 3.00. The Kier molecular flexibility index (Phi) is 2.32. The van der Waals surface area contributed by atoms with Gasteiger partial charge in [0.1, 0.15) is 0 Å². The monoisotopic (exact) mass is 124 g/mol. The van der Waals surface area contributed by atoms with Crippen molar-refractivity contribution in [1.82, 2.24) is 0 Å². The molecule has 0 aliphatic heterocycles. The molecule has 0 amide bonds. The second-order valence-corrected chi connectivity index (χ2v) is 3.26. The molecule has 1 fully saturated rings. The lowest BCUT2D eigenvalue weighted by atomic mass is 9.83. The largest absolute Gasteiger partial charge is 0.103 e. The van der Waals surface area contributed by atoms with E-state index in [9.17, 15) is 0 Å². The minimum atomic E-state index is 0.834. The summed E-state index contributed by atoms with van der Waals surface area (Å²) in [6, 6.07) is 0. The van der Waals surface area contributed by atoms with E-state index >= 15 is 0 Å². The molecular formula is C9H16. The lowest BCUT2D eigenvalue weighted by Crippen LogP contribution is -2.09. The van der Waals surface area contributed by atoms with Crippen LogP contribution in [0.1, 0.15) is 32.6 Å². The van der Waals surface area contributed by atoms with Crippen molar-refractivity contribution in [1.29, 1.82) is 0 Å². The van der Waals surface area contributed by atoms with Crippen molar-refractivity contribution in [3.8, 4) is 0 Å². The summed E-state index contributed by atoms with van der Waals surface area (Å²) in [4.78, 5) is 0. The number of allylic oxidation sites excluding steroid dienone is 1. The van der Waals surface area contributed by atoms with Crippen molar-refractivity contribution in [3.63, 3.8) is 0 Å². The van der Waals surface area contributed by atoms with Crippen LogP contribution in [0.15, 0.2) is 12.7 Å². The maximum Gasteiger partial charge on any atom is -0.0236 e. The number of hydrogen-bond acceptors (Lipinski definition) is 0. The van der Waals surface area contributed by atoms with Crippen LogP contribution in [-0.2, 0) is 0 Å². The zero-order chi connectivity index (χ0) is 6.69. The van der Waals surface area contributed by atoms with Crippen LogP contribution in [0.5, 0.6) is 0 Å². The quantitative estimate of drug-likeness (QED) is 0.471. The molecular weight excluding hydrogens is 108 g/mol. The van der Waals surface area contributed by atoms with Crippen LogP contribution in [-0.4, -0.2) is 0 Å². The molecule has 0 radical (unpaired) electrons. The summed E-state index contributed by atoms with van der Waals surface area (Å²) in [5.74, 6) is 1.81. The smallest absolute Gasteiger partial charge is 0.0236 e. The fourth-order valence-electron chi connectivity index (χ4n) is 1.52. The fraction of sp³-hybridized carbons (Fsp3) is 0.778. The van der Waals surface area contributed by atoms with Gasteiger partial charge in [0.15, 0.2) is 0 Å². The lowest BCUT2D eigenvalue weighted by molar-refractivity contribution is 0.331. The normalized spacial score (nSPS) is 36.1. The molecule has 0 saturated heterocycles. The first-order chi connectivity index (χ1) is 4.33. The molecule has 0 aromatic rings. The van der Waals surface area contributed by atoms with Gasteiger partial charge in [-0.15, -0.1) is 6.58 Å². The van der Waals surface area contributed by atoms with E-state index in [1.165, 1.54) is 25.7 Å². The van der Waals surface area contributed by atoms with Crippen molar-refractivity contribution in [3.05, 3.63) is 12.7 Å². The fourth-order valence-corrected chi connectivity index (χ4v) is 1.52. The highest BCUT2D eigenvalue weighted by molar-refractivity contribution is 4.82. The maximum absolute atomic E-state index is 3.81. The van der Waals surface area contributed by atoms with E-state index in [4.69, 9.17) is 0 Å². The van der Waals surface area contributed by atoms with Gasteiger partial charge in [-0.2, -0.15) is 0 Å². The average Bonchev–Trinajstić information content (AvgIpc) is 1.90. The molecule has 0 N–H and O–H groups in total. The Morgan fingerprint density at radius 3 is 2.22 bits per heavy atom. The van der Waals surface area contributed by atoms with Crippen molar-refractivity contribution < 1.29 is 0 Å². The van der Waals surface area contributed by atoms with Crippen LogP contribution >= 0.6 is 0 Å². The van der Waals surface area contributed by atoms with Gasteiger partial charge in [-0.05, 0) is 24.7 Å². The zero-order valence-corrected chi connectivity index (χ0v) is 6.27. The Labute approximate surface area is 58.0 Å². The molecule has 0 aromatic heterocycles. The van der Waals surface area contributed by atoms with Crippen LogP contribution in [0.25, 0.3) is 0 Å². The zero-order valence-electron chi connectivity index (χ0n) is 6.27. The molecule has 0 unspecified atom stereocenters. The molecule has 0 nitrogen and oxygen atoms in total. The Hall–Kier alpha value is -0.260. The highest BCUT2D eigenvalue weighted by atomic mass is 14.2. The van der Waals surface area contributed by atoms with Gasteiger partial charge in [0.2, 0.25) is 0 Å². The molecule has 1 saturated carbocycles. The summed E-state index contributed by atoms with van der Waals surface area (Å²) in [5.41, 5.74) is 0. The summed E-state index contributed by atoms with van der Waals surface area (Å²) in [6.45, 7) is 6.16. The topological polar surface area (TPSA) is 0 Å². The molecule has 1 rings (SSSR count). The third-order valence-electron chi connectivity index (χ3n) is 2.39. The van der Waals surface area contributed by atoms with Gasteiger partial charge in [0.05, 0.1) is 0 Å². The van der Waals surface area contributed by atoms with Gasteiger partial charge in [0.25, 0.3) is 0 Å². The molecule has 0 atom stereocenters. The van der Waals surface area contributed by atoms with E-state index < -0.39 is 0 Å². The second-order valence-electron chi connectivity index (χ2n) is 3.26. The maximum atomic E-state index is 3.81. The van der Waals surface area contributed by atoms with Crippen LogP contribution in [0.3, 0.4) is 0 Å².